The summed E-state index contributed by atoms with van der Waals surface area (Å²) in [7, 11) is 0. The zero-order valence-corrected chi connectivity index (χ0v) is 8.84. The van der Waals surface area contributed by atoms with Crippen LogP contribution in [0.3, 0.4) is 0 Å². The molecule has 16 heavy (non-hydrogen) atoms. The van der Waals surface area contributed by atoms with E-state index in [0.29, 0.717) is 18.9 Å². The highest BCUT2D eigenvalue weighted by molar-refractivity contribution is 5.94. The van der Waals surface area contributed by atoms with Gasteiger partial charge in [-0.05, 0) is 6.92 Å². The molecule has 1 aromatic rings. The van der Waals surface area contributed by atoms with Crippen molar-refractivity contribution in [1.29, 1.82) is 0 Å². The van der Waals surface area contributed by atoms with Crippen molar-refractivity contribution in [1.82, 2.24) is 20.4 Å². The van der Waals surface area contributed by atoms with Crippen LogP contribution in [0.2, 0.25) is 0 Å². The van der Waals surface area contributed by atoms with Gasteiger partial charge in [-0.2, -0.15) is 4.98 Å². The summed E-state index contributed by atoms with van der Waals surface area (Å²) in [5.41, 5.74) is 0. The molecule has 1 saturated heterocycles. The number of carbonyl (C=O) groups excluding carboxylic acids is 2. The average molecular weight is 224 g/mol. The number of rotatable bonds is 3. The molecule has 0 radical (unpaired) electrons. The van der Waals surface area contributed by atoms with Gasteiger partial charge in [0.05, 0.1) is 6.54 Å². The van der Waals surface area contributed by atoms with E-state index in [1.165, 1.54) is 11.2 Å². The second-order valence-electron chi connectivity index (χ2n) is 3.63. The first kappa shape index (κ1) is 10.6. The third kappa shape index (κ3) is 2.18. The normalized spacial score (nSPS) is 21.1. The highest BCUT2D eigenvalue weighted by Gasteiger charge is 2.29. The fraction of sp³-hybridized carbons (Fsp3) is 0.556. The van der Waals surface area contributed by atoms with Gasteiger partial charge in [-0.3, -0.25) is 9.59 Å². The van der Waals surface area contributed by atoms with Crippen LogP contribution in [-0.4, -0.2) is 46.0 Å². The molecule has 2 amide bonds. The molecule has 2 heterocycles. The first-order valence-corrected chi connectivity index (χ1v) is 5.00. The molecule has 1 atom stereocenters. The minimum Gasteiger partial charge on any atom is -0.343 e. The number of piperazine rings is 1. The third-order valence-electron chi connectivity index (χ3n) is 2.40. The zero-order chi connectivity index (χ0) is 11.5. The second kappa shape index (κ2) is 4.30. The number of nitrogens with one attached hydrogen (secondary N) is 1. The Labute approximate surface area is 91.8 Å². The smallest absolute Gasteiger partial charge is 0.245 e. The van der Waals surface area contributed by atoms with Gasteiger partial charge >= 0.3 is 0 Å². The molecule has 0 aliphatic carbocycles. The lowest BCUT2D eigenvalue weighted by Gasteiger charge is -2.30. The van der Waals surface area contributed by atoms with Gasteiger partial charge in [0.2, 0.25) is 17.7 Å². The van der Waals surface area contributed by atoms with Crippen LogP contribution < -0.4 is 5.32 Å². The van der Waals surface area contributed by atoms with Crippen LogP contribution in [0.1, 0.15) is 12.8 Å². The van der Waals surface area contributed by atoms with Crippen molar-refractivity contribution in [2.45, 2.75) is 19.4 Å². The van der Waals surface area contributed by atoms with Gasteiger partial charge < -0.3 is 14.7 Å². The third-order valence-corrected chi connectivity index (χ3v) is 2.40. The van der Waals surface area contributed by atoms with E-state index >= 15 is 0 Å². The number of hydrogen-bond acceptors (Lipinski definition) is 5. The number of carbonyl (C=O) groups is 2. The Morgan fingerprint density at radius 2 is 2.44 bits per heavy atom. The van der Waals surface area contributed by atoms with Crippen LogP contribution in [0, 0.1) is 0 Å². The quantitative estimate of drug-likeness (QED) is 0.708. The fourth-order valence-electron chi connectivity index (χ4n) is 1.60. The molecular weight excluding hydrogens is 212 g/mol. The first-order chi connectivity index (χ1) is 7.66. The Bertz CT molecular complexity index is 389. The summed E-state index contributed by atoms with van der Waals surface area (Å²) in [6.07, 6.45) is 1.77. The van der Waals surface area contributed by atoms with Gasteiger partial charge in [-0.1, -0.05) is 5.16 Å². The van der Waals surface area contributed by atoms with E-state index in [2.05, 4.69) is 15.5 Å². The average Bonchev–Trinajstić information content (AvgIpc) is 2.74. The molecular formula is C9H12N4O3. The lowest BCUT2D eigenvalue weighted by atomic mass is 10.2. The number of nitrogens with zero attached hydrogens (tertiary/aromatic N) is 3. The zero-order valence-electron chi connectivity index (χ0n) is 8.84. The Balaban J connectivity index is 1.93. The van der Waals surface area contributed by atoms with Crippen LogP contribution in [0.25, 0.3) is 0 Å². The molecule has 1 aliphatic rings. The van der Waals surface area contributed by atoms with E-state index in [-0.39, 0.29) is 18.4 Å². The van der Waals surface area contributed by atoms with Crippen LogP contribution in [-0.2, 0) is 16.0 Å². The number of amides is 2. The molecule has 0 saturated carbocycles. The maximum atomic E-state index is 11.7. The summed E-state index contributed by atoms with van der Waals surface area (Å²) in [4.78, 5) is 28.3. The maximum absolute atomic E-state index is 11.7. The predicted octanol–water partition coefficient (Wildman–Crippen LogP) is -1.04. The number of aromatic nitrogens is 2. The van der Waals surface area contributed by atoms with E-state index < -0.39 is 6.04 Å². The first-order valence-electron chi connectivity index (χ1n) is 5.00. The van der Waals surface area contributed by atoms with Crippen molar-refractivity contribution in [2.75, 3.05) is 13.1 Å². The topological polar surface area (TPSA) is 88.3 Å². The Morgan fingerprint density at radius 1 is 1.62 bits per heavy atom. The van der Waals surface area contributed by atoms with E-state index in [1.54, 1.807) is 6.92 Å². The SMILES string of the molecule is CC1NC(=O)CN(CCc2ncno2)C1=O. The van der Waals surface area contributed by atoms with Crippen LogP contribution in [0.15, 0.2) is 10.9 Å². The summed E-state index contributed by atoms with van der Waals surface area (Å²) < 4.78 is 4.81. The lowest BCUT2D eigenvalue weighted by molar-refractivity contribution is -0.143. The largest absolute Gasteiger partial charge is 0.343 e. The maximum Gasteiger partial charge on any atom is 0.245 e. The summed E-state index contributed by atoms with van der Waals surface area (Å²) >= 11 is 0. The predicted molar refractivity (Wildman–Crippen MR) is 52.2 cm³/mol. The second-order valence-corrected chi connectivity index (χ2v) is 3.63. The van der Waals surface area contributed by atoms with Gasteiger partial charge in [-0.25, -0.2) is 0 Å². The molecule has 1 aliphatic heterocycles. The number of hydrogen-bond donors (Lipinski definition) is 1. The molecule has 1 N–H and O–H groups in total. The highest BCUT2D eigenvalue weighted by Crippen LogP contribution is 2.04. The van der Waals surface area contributed by atoms with E-state index in [4.69, 9.17) is 4.52 Å². The highest BCUT2D eigenvalue weighted by atomic mass is 16.5. The van der Waals surface area contributed by atoms with Gasteiger partial charge in [0.25, 0.3) is 0 Å². The Kier molecular flexibility index (Phi) is 2.84. The Morgan fingerprint density at radius 3 is 3.12 bits per heavy atom. The van der Waals surface area contributed by atoms with E-state index in [1.807, 2.05) is 0 Å². The molecule has 0 bridgehead atoms. The molecule has 1 aromatic heterocycles. The van der Waals surface area contributed by atoms with Gasteiger partial charge in [0, 0.05) is 13.0 Å². The van der Waals surface area contributed by atoms with Crippen molar-refractivity contribution >= 4 is 11.8 Å². The molecule has 0 aromatic carbocycles. The molecule has 1 unspecified atom stereocenters. The van der Waals surface area contributed by atoms with Gasteiger partial charge in [0.1, 0.15) is 6.04 Å². The summed E-state index contributed by atoms with van der Waals surface area (Å²) in [6, 6.07) is -0.455. The molecule has 7 heteroatoms. The van der Waals surface area contributed by atoms with E-state index in [9.17, 15) is 9.59 Å². The van der Waals surface area contributed by atoms with Crippen molar-refractivity contribution in [3.8, 4) is 0 Å². The minimum atomic E-state index is -0.455. The van der Waals surface area contributed by atoms with Gasteiger partial charge in [-0.15, -0.1) is 0 Å². The standard InChI is InChI=1S/C9H12N4O3/c1-6-9(15)13(4-7(14)12-6)3-2-8-10-5-11-16-8/h5-6H,2-4H2,1H3,(H,12,14). The molecule has 1 fully saturated rings. The van der Waals surface area contributed by atoms with Gasteiger partial charge in [0.15, 0.2) is 6.33 Å². The van der Waals surface area contributed by atoms with Crippen LogP contribution in [0.5, 0.6) is 0 Å². The summed E-state index contributed by atoms with van der Waals surface area (Å²) in [5, 5.41) is 6.04. The molecule has 0 spiro atoms. The van der Waals surface area contributed by atoms with Crippen LogP contribution >= 0.6 is 0 Å². The minimum absolute atomic E-state index is 0.0842. The molecule has 86 valence electrons. The lowest BCUT2D eigenvalue weighted by Crippen LogP contribution is -2.57. The summed E-state index contributed by atoms with van der Waals surface area (Å²) in [6.45, 7) is 2.18. The van der Waals surface area contributed by atoms with Crippen LogP contribution in [0.4, 0.5) is 0 Å². The fourth-order valence-corrected chi connectivity index (χ4v) is 1.60. The van der Waals surface area contributed by atoms with Crippen molar-refractivity contribution in [3.63, 3.8) is 0 Å². The Hall–Kier alpha value is -1.92. The van der Waals surface area contributed by atoms with Crippen molar-refractivity contribution < 1.29 is 14.1 Å². The molecule has 2 rings (SSSR count). The summed E-state index contributed by atoms with van der Waals surface area (Å²) in [5.74, 6) is 0.239. The van der Waals surface area contributed by atoms with Crippen molar-refractivity contribution in [2.24, 2.45) is 0 Å². The monoisotopic (exact) mass is 224 g/mol. The van der Waals surface area contributed by atoms with Crippen molar-refractivity contribution in [3.05, 3.63) is 12.2 Å². The molecule has 7 nitrogen and oxygen atoms in total. The van der Waals surface area contributed by atoms with E-state index in [0.717, 1.165) is 0 Å².